The Morgan fingerprint density at radius 1 is 1.39 bits per heavy atom. The van der Waals surface area contributed by atoms with Gasteiger partial charge in [0.05, 0.1) is 13.7 Å². The van der Waals surface area contributed by atoms with Crippen LogP contribution in [0.25, 0.3) is 0 Å². The molecule has 0 radical (unpaired) electrons. The monoisotopic (exact) mass is 263 g/mol. The standard InChI is InChI=1S/C12H13N3O2S/c1-17-10-4-2-9(3-5-10)14-8-11(16)15-12-13-6-7-18-12/h2-7,14H,8H2,1H3,(H,13,15,16). The lowest BCUT2D eigenvalue weighted by atomic mass is 10.3. The van der Waals surface area contributed by atoms with Gasteiger partial charge >= 0.3 is 0 Å². The molecule has 18 heavy (non-hydrogen) atoms. The summed E-state index contributed by atoms with van der Waals surface area (Å²) in [5, 5.41) is 8.13. The number of methoxy groups -OCH3 is 1. The highest BCUT2D eigenvalue weighted by atomic mass is 32.1. The quantitative estimate of drug-likeness (QED) is 0.868. The predicted octanol–water partition coefficient (Wildman–Crippen LogP) is 2.20. The zero-order chi connectivity index (χ0) is 12.8. The molecule has 0 aliphatic carbocycles. The number of anilines is 2. The molecule has 94 valence electrons. The van der Waals surface area contributed by atoms with Crippen molar-refractivity contribution in [3.05, 3.63) is 35.8 Å². The second-order valence-electron chi connectivity index (χ2n) is 3.47. The van der Waals surface area contributed by atoms with Crippen LogP contribution < -0.4 is 15.4 Å². The average Bonchev–Trinajstić information content (AvgIpc) is 2.90. The fraction of sp³-hybridized carbons (Fsp3) is 0.167. The molecule has 1 aromatic carbocycles. The van der Waals surface area contributed by atoms with Crippen molar-refractivity contribution in [2.75, 3.05) is 24.3 Å². The second kappa shape index (κ2) is 6.02. The molecule has 0 aliphatic heterocycles. The Morgan fingerprint density at radius 3 is 2.78 bits per heavy atom. The number of carbonyl (C=O) groups is 1. The molecule has 0 fully saturated rings. The molecule has 5 nitrogen and oxygen atoms in total. The Bertz CT molecular complexity index is 497. The van der Waals surface area contributed by atoms with Gasteiger partial charge in [-0.3, -0.25) is 4.79 Å². The minimum absolute atomic E-state index is 0.124. The van der Waals surface area contributed by atoms with E-state index in [1.54, 1.807) is 13.3 Å². The molecule has 0 spiro atoms. The first-order valence-electron chi connectivity index (χ1n) is 5.35. The molecule has 1 aromatic heterocycles. The van der Waals surface area contributed by atoms with Crippen molar-refractivity contribution in [3.63, 3.8) is 0 Å². The van der Waals surface area contributed by atoms with Crippen LogP contribution in [0, 0.1) is 0 Å². The summed E-state index contributed by atoms with van der Waals surface area (Å²) in [5.74, 6) is 0.661. The molecule has 1 heterocycles. The van der Waals surface area contributed by atoms with Gasteiger partial charge in [-0.1, -0.05) is 0 Å². The van der Waals surface area contributed by atoms with Crippen LogP contribution >= 0.6 is 11.3 Å². The molecular formula is C12H13N3O2S. The number of hydrogen-bond acceptors (Lipinski definition) is 5. The second-order valence-corrected chi connectivity index (χ2v) is 4.36. The maximum Gasteiger partial charge on any atom is 0.245 e. The van der Waals surface area contributed by atoms with E-state index in [1.165, 1.54) is 11.3 Å². The Balaban J connectivity index is 1.81. The highest BCUT2D eigenvalue weighted by Gasteiger charge is 2.03. The fourth-order valence-corrected chi connectivity index (χ4v) is 1.88. The fourth-order valence-electron chi connectivity index (χ4n) is 1.34. The van der Waals surface area contributed by atoms with Gasteiger partial charge in [0, 0.05) is 17.3 Å². The third-order valence-corrected chi connectivity index (χ3v) is 2.91. The Labute approximate surface area is 109 Å². The van der Waals surface area contributed by atoms with Gasteiger partial charge in [-0.05, 0) is 24.3 Å². The molecule has 2 N–H and O–H groups in total. The van der Waals surface area contributed by atoms with E-state index < -0.39 is 0 Å². The van der Waals surface area contributed by atoms with Crippen LogP contribution in [-0.2, 0) is 4.79 Å². The number of amides is 1. The minimum atomic E-state index is -0.124. The first-order valence-corrected chi connectivity index (χ1v) is 6.23. The highest BCUT2D eigenvalue weighted by molar-refractivity contribution is 7.13. The van der Waals surface area contributed by atoms with Crippen LogP contribution in [0.5, 0.6) is 5.75 Å². The van der Waals surface area contributed by atoms with Crippen LogP contribution in [0.15, 0.2) is 35.8 Å². The number of hydrogen-bond donors (Lipinski definition) is 2. The van der Waals surface area contributed by atoms with Gasteiger partial charge in [-0.15, -0.1) is 11.3 Å². The summed E-state index contributed by atoms with van der Waals surface area (Å²) in [5.41, 5.74) is 0.866. The van der Waals surface area contributed by atoms with E-state index in [-0.39, 0.29) is 12.5 Å². The summed E-state index contributed by atoms with van der Waals surface area (Å²) in [6.07, 6.45) is 1.65. The van der Waals surface area contributed by atoms with E-state index in [2.05, 4.69) is 15.6 Å². The lowest BCUT2D eigenvalue weighted by Crippen LogP contribution is -2.21. The molecule has 0 aliphatic rings. The summed E-state index contributed by atoms with van der Waals surface area (Å²) >= 11 is 1.39. The first kappa shape index (κ1) is 12.4. The summed E-state index contributed by atoms with van der Waals surface area (Å²) in [4.78, 5) is 15.6. The van der Waals surface area contributed by atoms with E-state index in [0.29, 0.717) is 5.13 Å². The summed E-state index contributed by atoms with van der Waals surface area (Å²) in [7, 11) is 1.61. The SMILES string of the molecule is COc1ccc(NCC(=O)Nc2nccs2)cc1. The Morgan fingerprint density at radius 2 is 2.17 bits per heavy atom. The number of carbonyl (C=O) groups excluding carboxylic acids is 1. The third kappa shape index (κ3) is 3.46. The van der Waals surface area contributed by atoms with Crippen molar-refractivity contribution in [1.29, 1.82) is 0 Å². The molecule has 0 saturated carbocycles. The van der Waals surface area contributed by atoms with Crippen LogP contribution in [-0.4, -0.2) is 24.5 Å². The lowest BCUT2D eigenvalue weighted by Gasteiger charge is -2.06. The zero-order valence-corrected chi connectivity index (χ0v) is 10.7. The van der Waals surface area contributed by atoms with Crippen molar-refractivity contribution in [2.24, 2.45) is 0 Å². The average molecular weight is 263 g/mol. The number of aromatic nitrogens is 1. The normalized spacial score (nSPS) is 9.83. The molecule has 0 bridgehead atoms. The van der Waals surface area contributed by atoms with Crippen molar-refractivity contribution < 1.29 is 9.53 Å². The molecule has 0 unspecified atom stereocenters. The molecule has 6 heteroatoms. The number of thiazole rings is 1. The predicted molar refractivity (Wildman–Crippen MR) is 72.2 cm³/mol. The van der Waals surface area contributed by atoms with Gasteiger partial charge < -0.3 is 15.4 Å². The Hall–Kier alpha value is -2.08. The molecule has 0 atom stereocenters. The number of benzene rings is 1. The number of nitrogens with one attached hydrogen (secondary N) is 2. The van der Waals surface area contributed by atoms with Gasteiger partial charge in [0.25, 0.3) is 0 Å². The van der Waals surface area contributed by atoms with E-state index in [4.69, 9.17) is 4.74 Å². The van der Waals surface area contributed by atoms with Crippen LogP contribution in [0.2, 0.25) is 0 Å². The molecule has 0 saturated heterocycles. The highest BCUT2D eigenvalue weighted by Crippen LogP contribution is 2.15. The molecular weight excluding hydrogens is 250 g/mol. The maximum atomic E-state index is 11.6. The molecule has 1 amide bonds. The number of rotatable bonds is 5. The van der Waals surface area contributed by atoms with Gasteiger partial charge in [0.15, 0.2) is 5.13 Å². The summed E-state index contributed by atoms with van der Waals surface area (Å²) in [6, 6.07) is 7.38. The Kier molecular flexibility index (Phi) is 4.14. The smallest absolute Gasteiger partial charge is 0.245 e. The van der Waals surface area contributed by atoms with Gasteiger partial charge in [0.2, 0.25) is 5.91 Å². The van der Waals surface area contributed by atoms with E-state index in [0.717, 1.165) is 11.4 Å². The zero-order valence-electron chi connectivity index (χ0n) is 9.84. The summed E-state index contributed by atoms with van der Waals surface area (Å²) in [6.45, 7) is 0.200. The summed E-state index contributed by atoms with van der Waals surface area (Å²) < 4.78 is 5.05. The molecule has 2 aromatic rings. The minimum Gasteiger partial charge on any atom is -0.497 e. The van der Waals surface area contributed by atoms with Crippen LogP contribution in [0.1, 0.15) is 0 Å². The van der Waals surface area contributed by atoms with Crippen molar-refractivity contribution in [1.82, 2.24) is 4.98 Å². The van der Waals surface area contributed by atoms with Gasteiger partial charge in [-0.25, -0.2) is 4.98 Å². The number of nitrogens with zero attached hydrogens (tertiary/aromatic N) is 1. The van der Waals surface area contributed by atoms with Crippen LogP contribution in [0.3, 0.4) is 0 Å². The van der Waals surface area contributed by atoms with Crippen molar-refractivity contribution >= 4 is 28.1 Å². The van der Waals surface area contributed by atoms with Gasteiger partial charge in [0.1, 0.15) is 5.75 Å². The van der Waals surface area contributed by atoms with Crippen molar-refractivity contribution in [3.8, 4) is 5.75 Å². The first-order chi connectivity index (χ1) is 8.78. The van der Waals surface area contributed by atoms with Crippen LogP contribution in [0.4, 0.5) is 10.8 Å². The lowest BCUT2D eigenvalue weighted by molar-refractivity contribution is -0.114. The van der Waals surface area contributed by atoms with Crippen molar-refractivity contribution in [2.45, 2.75) is 0 Å². The molecule has 2 rings (SSSR count). The third-order valence-electron chi connectivity index (χ3n) is 2.22. The van der Waals surface area contributed by atoms with E-state index in [1.807, 2.05) is 29.6 Å². The largest absolute Gasteiger partial charge is 0.497 e. The number of ether oxygens (including phenoxy) is 1. The van der Waals surface area contributed by atoms with E-state index >= 15 is 0 Å². The van der Waals surface area contributed by atoms with E-state index in [9.17, 15) is 4.79 Å². The maximum absolute atomic E-state index is 11.6. The topological polar surface area (TPSA) is 63.2 Å². The van der Waals surface area contributed by atoms with Gasteiger partial charge in [-0.2, -0.15) is 0 Å².